The van der Waals surface area contributed by atoms with Crippen molar-refractivity contribution in [3.63, 3.8) is 0 Å². The summed E-state index contributed by atoms with van der Waals surface area (Å²) in [6.45, 7) is 14.9. The van der Waals surface area contributed by atoms with Gasteiger partial charge in [-0.05, 0) is 27.2 Å². The van der Waals surface area contributed by atoms with E-state index >= 15 is 0 Å². The zero-order valence-corrected chi connectivity index (χ0v) is 15.8. The maximum Gasteiger partial charge on any atom is 0.318 e. The number of carbonyl (C=O) groups is 1. The van der Waals surface area contributed by atoms with Gasteiger partial charge in [0.2, 0.25) is 0 Å². The van der Waals surface area contributed by atoms with Crippen molar-refractivity contribution in [3.05, 3.63) is 11.6 Å². The Labute approximate surface area is 144 Å². The lowest BCUT2D eigenvalue weighted by Crippen LogP contribution is -2.47. The van der Waals surface area contributed by atoms with Gasteiger partial charge in [0.05, 0.1) is 18.2 Å². The van der Waals surface area contributed by atoms with E-state index in [1.54, 1.807) is 0 Å². The van der Waals surface area contributed by atoms with Crippen LogP contribution >= 0.6 is 0 Å². The number of nitrogens with one attached hydrogen (secondary N) is 1. The van der Waals surface area contributed by atoms with Crippen LogP contribution in [0.1, 0.15) is 71.6 Å². The molecule has 0 aromatic carbocycles. The number of hydrogen-bond acceptors (Lipinski definition) is 4. The molecule has 2 amide bonds. The Morgan fingerprint density at radius 1 is 1.38 bits per heavy atom. The summed E-state index contributed by atoms with van der Waals surface area (Å²) >= 11 is 0. The maximum absolute atomic E-state index is 12.5. The molecular weight excluding hydrogens is 306 g/mol. The topological polar surface area (TPSA) is 72.3 Å². The quantitative estimate of drug-likeness (QED) is 0.810. The summed E-state index contributed by atoms with van der Waals surface area (Å²) in [5.74, 6) is 2.19. The zero-order valence-electron chi connectivity index (χ0n) is 15.8. The van der Waals surface area contributed by atoms with Crippen molar-refractivity contribution in [1.29, 1.82) is 0 Å². The molecule has 7 heteroatoms. The third-order valence-electron chi connectivity index (χ3n) is 4.71. The van der Waals surface area contributed by atoms with E-state index in [4.69, 9.17) is 4.74 Å². The molecule has 1 aromatic heterocycles. The molecule has 24 heavy (non-hydrogen) atoms. The van der Waals surface area contributed by atoms with Crippen LogP contribution in [-0.4, -0.2) is 51.0 Å². The highest BCUT2D eigenvalue weighted by molar-refractivity contribution is 5.74. The van der Waals surface area contributed by atoms with E-state index in [1.165, 1.54) is 0 Å². The Balaban J connectivity index is 1.90. The number of carbonyl (C=O) groups excluding carboxylic acids is 1. The molecule has 0 aliphatic carbocycles. The minimum Gasteiger partial charge on any atom is -0.374 e. The summed E-state index contributed by atoms with van der Waals surface area (Å²) in [7, 11) is 0. The van der Waals surface area contributed by atoms with Gasteiger partial charge in [-0.2, -0.15) is 0 Å². The lowest BCUT2D eigenvalue weighted by atomic mass is 10.1. The van der Waals surface area contributed by atoms with Crippen LogP contribution in [0.5, 0.6) is 0 Å². The number of ether oxygens (including phenoxy) is 1. The molecule has 2 rings (SSSR count). The van der Waals surface area contributed by atoms with Crippen molar-refractivity contribution in [1.82, 2.24) is 25.0 Å². The van der Waals surface area contributed by atoms with E-state index in [0.29, 0.717) is 25.6 Å². The normalized spacial score (nSPS) is 18.0. The van der Waals surface area contributed by atoms with Crippen molar-refractivity contribution < 1.29 is 9.53 Å². The van der Waals surface area contributed by atoms with Crippen molar-refractivity contribution in [2.24, 2.45) is 0 Å². The van der Waals surface area contributed by atoms with Crippen LogP contribution in [0.2, 0.25) is 0 Å². The van der Waals surface area contributed by atoms with Gasteiger partial charge in [-0.15, -0.1) is 10.2 Å². The van der Waals surface area contributed by atoms with E-state index in [1.807, 2.05) is 11.8 Å². The standard InChI is InChI=1S/C17H31N5O2/c1-7-17(5,6)24-11-8-18-16(23)21-9-10-22-14(12(2)3)19-20-15(22)13(21)4/h12-13H,7-11H2,1-6H3,(H,18,23). The summed E-state index contributed by atoms with van der Waals surface area (Å²) in [4.78, 5) is 14.3. The lowest BCUT2D eigenvalue weighted by molar-refractivity contribution is -0.0177. The van der Waals surface area contributed by atoms with Gasteiger partial charge >= 0.3 is 6.03 Å². The Morgan fingerprint density at radius 2 is 2.08 bits per heavy atom. The first-order valence-corrected chi connectivity index (χ1v) is 8.88. The summed E-state index contributed by atoms with van der Waals surface area (Å²) in [6, 6.07) is -0.146. The molecular formula is C17H31N5O2. The number of fused-ring (bicyclic) bond motifs is 1. The van der Waals surface area contributed by atoms with Gasteiger partial charge in [0, 0.05) is 25.6 Å². The molecule has 1 N–H and O–H groups in total. The van der Waals surface area contributed by atoms with Crippen molar-refractivity contribution in [3.8, 4) is 0 Å². The van der Waals surface area contributed by atoms with Gasteiger partial charge < -0.3 is 19.5 Å². The summed E-state index contributed by atoms with van der Waals surface area (Å²) in [6.07, 6.45) is 0.942. The average molecular weight is 337 g/mol. The fraction of sp³-hybridized carbons (Fsp3) is 0.824. The molecule has 1 aliphatic heterocycles. The summed E-state index contributed by atoms with van der Waals surface area (Å²) in [5, 5.41) is 11.5. The van der Waals surface area contributed by atoms with E-state index in [9.17, 15) is 4.79 Å². The largest absolute Gasteiger partial charge is 0.374 e. The zero-order chi connectivity index (χ0) is 17.9. The van der Waals surface area contributed by atoms with Crippen LogP contribution < -0.4 is 5.32 Å². The predicted octanol–water partition coefficient (Wildman–Crippen LogP) is 2.69. The van der Waals surface area contributed by atoms with Gasteiger partial charge in [-0.25, -0.2) is 4.79 Å². The van der Waals surface area contributed by atoms with E-state index in [-0.39, 0.29) is 17.7 Å². The van der Waals surface area contributed by atoms with Gasteiger partial charge in [-0.3, -0.25) is 0 Å². The number of hydrogen-bond donors (Lipinski definition) is 1. The molecule has 1 aromatic rings. The molecule has 0 bridgehead atoms. The van der Waals surface area contributed by atoms with E-state index in [0.717, 1.165) is 24.6 Å². The number of rotatable bonds is 6. The molecule has 1 unspecified atom stereocenters. The van der Waals surface area contributed by atoms with Gasteiger partial charge in [0.15, 0.2) is 5.82 Å². The minimum atomic E-state index is -0.146. The fourth-order valence-electron chi connectivity index (χ4n) is 2.80. The molecule has 0 saturated carbocycles. The SMILES string of the molecule is CCC(C)(C)OCCNC(=O)N1CCn2c(C(C)C)nnc2C1C. The fourth-order valence-corrected chi connectivity index (χ4v) is 2.80. The Bertz CT molecular complexity index is 567. The first-order chi connectivity index (χ1) is 11.3. The molecule has 0 radical (unpaired) electrons. The van der Waals surface area contributed by atoms with E-state index in [2.05, 4.69) is 54.7 Å². The van der Waals surface area contributed by atoms with Crippen LogP contribution in [0.25, 0.3) is 0 Å². The number of urea groups is 1. The van der Waals surface area contributed by atoms with Crippen LogP contribution in [0.15, 0.2) is 0 Å². The minimum absolute atomic E-state index is 0.0687. The van der Waals surface area contributed by atoms with Gasteiger partial charge in [0.1, 0.15) is 5.82 Å². The summed E-state index contributed by atoms with van der Waals surface area (Å²) < 4.78 is 7.91. The second kappa shape index (κ2) is 7.51. The maximum atomic E-state index is 12.5. The Morgan fingerprint density at radius 3 is 2.71 bits per heavy atom. The van der Waals surface area contributed by atoms with Crippen LogP contribution in [0, 0.1) is 0 Å². The highest BCUT2D eigenvalue weighted by atomic mass is 16.5. The molecule has 2 heterocycles. The molecule has 1 aliphatic rings. The number of amides is 2. The van der Waals surface area contributed by atoms with Gasteiger partial charge in [0.25, 0.3) is 0 Å². The second-order valence-corrected chi connectivity index (χ2v) is 7.29. The number of aromatic nitrogens is 3. The molecule has 0 fully saturated rings. The van der Waals surface area contributed by atoms with Crippen LogP contribution in [-0.2, 0) is 11.3 Å². The molecule has 136 valence electrons. The number of nitrogens with zero attached hydrogens (tertiary/aromatic N) is 4. The summed E-state index contributed by atoms with van der Waals surface area (Å²) in [5.41, 5.74) is -0.146. The second-order valence-electron chi connectivity index (χ2n) is 7.29. The smallest absolute Gasteiger partial charge is 0.318 e. The third-order valence-corrected chi connectivity index (χ3v) is 4.71. The Kier molecular flexibility index (Phi) is 5.85. The molecule has 1 atom stereocenters. The first-order valence-electron chi connectivity index (χ1n) is 8.88. The van der Waals surface area contributed by atoms with Crippen molar-refractivity contribution in [2.75, 3.05) is 19.7 Å². The Hall–Kier alpha value is -1.63. The highest BCUT2D eigenvalue weighted by Gasteiger charge is 2.31. The predicted molar refractivity (Wildman–Crippen MR) is 93.0 cm³/mol. The molecule has 7 nitrogen and oxygen atoms in total. The first kappa shape index (κ1) is 18.7. The van der Waals surface area contributed by atoms with Gasteiger partial charge in [-0.1, -0.05) is 20.8 Å². The van der Waals surface area contributed by atoms with Crippen molar-refractivity contribution in [2.45, 2.75) is 72.1 Å². The monoisotopic (exact) mass is 337 g/mol. The van der Waals surface area contributed by atoms with Crippen LogP contribution in [0.3, 0.4) is 0 Å². The third kappa shape index (κ3) is 4.06. The lowest BCUT2D eigenvalue weighted by Gasteiger charge is -2.34. The average Bonchev–Trinajstić information content (AvgIpc) is 2.97. The molecule has 0 spiro atoms. The molecule has 0 saturated heterocycles. The van der Waals surface area contributed by atoms with Crippen molar-refractivity contribution >= 4 is 6.03 Å². The van der Waals surface area contributed by atoms with Crippen LogP contribution in [0.4, 0.5) is 4.79 Å². The van der Waals surface area contributed by atoms with E-state index < -0.39 is 0 Å². The highest BCUT2D eigenvalue weighted by Crippen LogP contribution is 2.26.